The number of esters is 1. The molecule has 2 aliphatic rings. The van der Waals surface area contributed by atoms with Crippen molar-refractivity contribution in [2.24, 2.45) is 0 Å². The maximum Gasteiger partial charge on any atom is 0.358 e. The molecule has 0 radical (unpaired) electrons. The van der Waals surface area contributed by atoms with Crippen molar-refractivity contribution in [2.75, 3.05) is 20.8 Å². The second kappa shape index (κ2) is 8.62. The molecule has 0 N–H and O–H groups in total. The molecule has 4 rings (SSSR count). The highest BCUT2D eigenvalue weighted by molar-refractivity contribution is 5.88. The molecule has 0 spiro atoms. The van der Waals surface area contributed by atoms with Gasteiger partial charge in [-0.1, -0.05) is 25.1 Å². The molecule has 0 amide bonds. The Balaban J connectivity index is 1.68. The Hall–Kier alpha value is -2.27. The quantitative estimate of drug-likeness (QED) is 0.575. The molecule has 5 nitrogen and oxygen atoms in total. The molecule has 1 atom stereocenters. The van der Waals surface area contributed by atoms with E-state index in [1.54, 1.807) is 7.11 Å². The lowest BCUT2D eigenvalue weighted by Crippen LogP contribution is -2.13. The first-order valence-electron chi connectivity index (χ1n) is 10.7. The molecule has 29 heavy (non-hydrogen) atoms. The van der Waals surface area contributed by atoms with E-state index in [2.05, 4.69) is 35.1 Å². The lowest BCUT2D eigenvalue weighted by molar-refractivity contribution is 0.0591. The molecule has 1 aromatic heterocycles. The average molecular weight is 395 g/mol. The van der Waals surface area contributed by atoms with Crippen LogP contribution in [-0.4, -0.2) is 36.8 Å². The van der Waals surface area contributed by atoms with Crippen LogP contribution in [-0.2, 0) is 15.9 Å². The van der Waals surface area contributed by atoms with E-state index < -0.39 is 5.97 Å². The van der Waals surface area contributed by atoms with Gasteiger partial charge >= 0.3 is 5.97 Å². The molecule has 2 fully saturated rings. The molecule has 1 heterocycles. The Morgan fingerprint density at radius 2 is 1.93 bits per heavy atom. The Kier molecular flexibility index (Phi) is 5.95. The van der Waals surface area contributed by atoms with Crippen molar-refractivity contribution in [2.45, 2.75) is 63.2 Å². The minimum absolute atomic E-state index is 0.372. The minimum atomic E-state index is -0.396. The van der Waals surface area contributed by atoms with Crippen molar-refractivity contribution in [1.29, 1.82) is 0 Å². The summed E-state index contributed by atoms with van der Waals surface area (Å²) in [6.45, 7) is 3.03. The summed E-state index contributed by atoms with van der Waals surface area (Å²) < 4.78 is 10.3. The monoisotopic (exact) mass is 394 g/mol. The second-order valence-electron chi connectivity index (χ2n) is 8.41. The summed E-state index contributed by atoms with van der Waals surface area (Å²) in [6, 6.07) is 6.56. The van der Waals surface area contributed by atoms with Gasteiger partial charge in [-0.05, 0) is 60.6 Å². The summed E-state index contributed by atoms with van der Waals surface area (Å²) in [5, 5.41) is 0. The predicted molar refractivity (Wildman–Crippen MR) is 111 cm³/mol. The van der Waals surface area contributed by atoms with Gasteiger partial charge in [0.15, 0.2) is 5.69 Å². The number of carbonyl (C=O) groups is 1. The highest BCUT2D eigenvalue weighted by atomic mass is 16.5. The number of hydrogen-bond acceptors (Lipinski definition) is 5. The van der Waals surface area contributed by atoms with Crippen LogP contribution in [0, 0.1) is 0 Å². The number of rotatable bonds is 9. The standard InChI is InChI=1S/C24H30N2O3/c1-15(11-12-28-2)19-6-4-5-18(22(19)17-9-10-17)13-20-23(24(27)29-3)26-21(14-25-20)16-7-8-16/h4-6,14-17H,7-13H2,1-3H3. The number of aromatic nitrogens is 2. The fraction of sp³-hybridized carbons (Fsp3) is 0.542. The largest absolute Gasteiger partial charge is 0.464 e. The van der Waals surface area contributed by atoms with Gasteiger partial charge in [-0.25, -0.2) is 9.78 Å². The number of ether oxygens (including phenoxy) is 2. The SMILES string of the molecule is COCCC(C)c1cccc(Cc2ncc(C3CC3)nc2C(=O)OC)c1C1CC1. The number of nitrogens with zero attached hydrogens (tertiary/aromatic N) is 2. The molecule has 2 aromatic rings. The molecule has 0 saturated heterocycles. The van der Waals surface area contributed by atoms with Crippen LogP contribution in [0.15, 0.2) is 24.4 Å². The van der Waals surface area contributed by atoms with Gasteiger partial charge in [-0.2, -0.15) is 0 Å². The molecular formula is C24H30N2O3. The Labute approximate surface area is 172 Å². The molecular weight excluding hydrogens is 364 g/mol. The number of benzene rings is 1. The molecule has 1 aromatic carbocycles. The first-order valence-corrected chi connectivity index (χ1v) is 10.7. The number of methoxy groups -OCH3 is 2. The molecule has 0 bridgehead atoms. The lowest BCUT2D eigenvalue weighted by atomic mass is 9.86. The van der Waals surface area contributed by atoms with E-state index in [1.165, 1.54) is 36.6 Å². The van der Waals surface area contributed by atoms with Crippen molar-refractivity contribution in [1.82, 2.24) is 9.97 Å². The smallest absolute Gasteiger partial charge is 0.358 e. The molecule has 154 valence electrons. The van der Waals surface area contributed by atoms with Crippen LogP contribution in [0.5, 0.6) is 0 Å². The topological polar surface area (TPSA) is 61.3 Å². The van der Waals surface area contributed by atoms with Crippen LogP contribution in [0.3, 0.4) is 0 Å². The maximum absolute atomic E-state index is 12.4. The van der Waals surface area contributed by atoms with Gasteiger partial charge in [0.25, 0.3) is 0 Å². The number of hydrogen-bond donors (Lipinski definition) is 0. The third kappa shape index (κ3) is 4.50. The van der Waals surface area contributed by atoms with Gasteiger partial charge in [0.05, 0.1) is 18.5 Å². The van der Waals surface area contributed by atoms with Crippen LogP contribution >= 0.6 is 0 Å². The highest BCUT2D eigenvalue weighted by Crippen LogP contribution is 2.46. The summed E-state index contributed by atoms with van der Waals surface area (Å²) in [5.74, 6) is 1.11. The Morgan fingerprint density at radius 1 is 1.17 bits per heavy atom. The maximum atomic E-state index is 12.4. The van der Waals surface area contributed by atoms with E-state index in [0.29, 0.717) is 35.6 Å². The van der Waals surface area contributed by atoms with Crippen LogP contribution in [0.25, 0.3) is 0 Å². The van der Waals surface area contributed by atoms with Gasteiger partial charge in [0.2, 0.25) is 0 Å². The zero-order valence-corrected chi connectivity index (χ0v) is 17.6. The van der Waals surface area contributed by atoms with Crippen LogP contribution in [0.4, 0.5) is 0 Å². The van der Waals surface area contributed by atoms with E-state index in [0.717, 1.165) is 31.6 Å². The summed E-state index contributed by atoms with van der Waals surface area (Å²) in [5.41, 5.74) is 6.11. The lowest BCUT2D eigenvalue weighted by Gasteiger charge is -2.20. The summed E-state index contributed by atoms with van der Waals surface area (Å²) in [7, 11) is 3.16. The van der Waals surface area contributed by atoms with E-state index in [4.69, 9.17) is 9.47 Å². The zero-order chi connectivity index (χ0) is 20.4. The molecule has 0 aliphatic heterocycles. The Bertz CT molecular complexity index is 888. The van der Waals surface area contributed by atoms with Crippen LogP contribution in [0.2, 0.25) is 0 Å². The fourth-order valence-electron chi connectivity index (χ4n) is 4.11. The normalized spacial score (nSPS) is 17.2. The minimum Gasteiger partial charge on any atom is -0.464 e. The summed E-state index contributed by atoms with van der Waals surface area (Å²) in [4.78, 5) is 21.7. The number of carbonyl (C=O) groups excluding carboxylic acids is 1. The third-order valence-corrected chi connectivity index (χ3v) is 6.10. The van der Waals surface area contributed by atoms with Gasteiger partial charge in [0, 0.05) is 32.3 Å². The first-order chi connectivity index (χ1) is 14.1. The van der Waals surface area contributed by atoms with Gasteiger partial charge in [-0.15, -0.1) is 0 Å². The average Bonchev–Trinajstić information content (AvgIpc) is 3.64. The molecule has 5 heteroatoms. The fourth-order valence-corrected chi connectivity index (χ4v) is 4.11. The van der Waals surface area contributed by atoms with E-state index in [-0.39, 0.29) is 0 Å². The van der Waals surface area contributed by atoms with Crippen molar-refractivity contribution >= 4 is 5.97 Å². The van der Waals surface area contributed by atoms with Crippen molar-refractivity contribution in [3.8, 4) is 0 Å². The predicted octanol–water partition coefficient (Wildman–Crippen LogP) is 4.75. The molecule has 2 saturated carbocycles. The molecule has 2 aliphatic carbocycles. The summed E-state index contributed by atoms with van der Waals surface area (Å²) in [6.07, 6.45) is 8.18. The second-order valence-corrected chi connectivity index (χ2v) is 8.41. The van der Waals surface area contributed by atoms with Crippen LogP contribution < -0.4 is 0 Å². The van der Waals surface area contributed by atoms with Crippen molar-refractivity contribution in [3.63, 3.8) is 0 Å². The zero-order valence-electron chi connectivity index (χ0n) is 17.6. The Morgan fingerprint density at radius 3 is 2.59 bits per heavy atom. The van der Waals surface area contributed by atoms with Gasteiger partial charge in [0.1, 0.15) is 0 Å². The van der Waals surface area contributed by atoms with Crippen LogP contribution in [0.1, 0.15) is 95.3 Å². The van der Waals surface area contributed by atoms with Crippen molar-refractivity contribution in [3.05, 3.63) is 58.2 Å². The third-order valence-electron chi connectivity index (χ3n) is 6.10. The first kappa shape index (κ1) is 20.0. The van der Waals surface area contributed by atoms with Gasteiger partial charge < -0.3 is 9.47 Å². The highest BCUT2D eigenvalue weighted by Gasteiger charge is 2.31. The van der Waals surface area contributed by atoms with E-state index in [9.17, 15) is 4.79 Å². The summed E-state index contributed by atoms with van der Waals surface area (Å²) >= 11 is 0. The van der Waals surface area contributed by atoms with Crippen molar-refractivity contribution < 1.29 is 14.3 Å². The van der Waals surface area contributed by atoms with E-state index >= 15 is 0 Å². The van der Waals surface area contributed by atoms with Gasteiger partial charge in [-0.3, -0.25) is 4.98 Å². The van der Waals surface area contributed by atoms with E-state index in [1.807, 2.05) is 6.20 Å². The molecule has 1 unspecified atom stereocenters.